The highest BCUT2D eigenvalue weighted by atomic mass is 32.1. The van der Waals surface area contributed by atoms with Gasteiger partial charge in [0, 0.05) is 12.3 Å². The molecule has 0 aliphatic rings. The van der Waals surface area contributed by atoms with Gasteiger partial charge in [-0.05, 0) is 18.2 Å². The van der Waals surface area contributed by atoms with E-state index in [-0.39, 0.29) is 22.7 Å². The number of hydrogen-bond acceptors (Lipinski definition) is 5. The first-order valence-electron chi connectivity index (χ1n) is 7.05. The number of nitrogens with zero attached hydrogens (tertiary/aromatic N) is 1. The molecule has 12 heteroatoms. The van der Waals surface area contributed by atoms with Gasteiger partial charge >= 0.3 is 12.4 Å². The second-order valence-electron chi connectivity index (χ2n) is 5.17. The van der Waals surface area contributed by atoms with Gasteiger partial charge in [-0.2, -0.15) is 26.3 Å². The Hall–Kier alpha value is -2.63. The maximum absolute atomic E-state index is 12.8. The van der Waals surface area contributed by atoms with Crippen LogP contribution in [-0.2, 0) is 17.1 Å². The Morgan fingerprint density at radius 3 is 2.07 bits per heavy atom. The molecule has 2 rings (SSSR count). The Balaban J connectivity index is 2.11. The number of anilines is 1. The van der Waals surface area contributed by atoms with Crippen molar-refractivity contribution in [1.82, 2.24) is 4.98 Å². The number of thiazole rings is 1. The number of benzene rings is 1. The van der Waals surface area contributed by atoms with Crippen molar-refractivity contribution in [3.63, 3.8) is 0 Å². The summed E-state index contributed by atoms with van der Waals surface area (Å²) in [5.41, 5.74) is -3.01. The monoisotopic (exact) mass is 412 g/mol. The van der Waals surface area contributed by atoms with Gasteiger partial charge in [0.2, 0.25) is 0 Å². The average Bonchev–Trinajstić information content (AvgIpc) is 3.00. The van der Waals surface area contributed by atoms with E-state index in [1.165, 1.54) is 12.3 Å². The number of carbonyl (C=O) groups excluding carboxylic acids is 2. The third-order valence-corrected chi connectivity index (χ3v) is 3.80. The lowest BCUT2D eigenvalue weighted by atomic mass is 10.1. The Kier molecular flexibility index (Phi) is 5.78. The van der Waals surface area contributed by atoms with Crippen LogP contribution in [0.3, 0.4) is 0 Å². The molecule has 1 aromatic heterocycles. The van der Waals surface area contributed by atoms with Gasteiger partial charge < -0.3 is 4.74 Å². The standard InChI is InChI=1S/C15H10F6N2O3S/c1-7(24)11-6-27-13(22-11)23-12(25)5-26-10-3-8(14(16,17)18)2-9(4-10)15(19,20)21/h2-4,6H,5H2,1H3,(H,22,23,25). The lowest BCUT2D eigenvalue weighted by molar-refractivity contribution is -0.143. The predicted molar refractivity (Wildman–Crippen MR) is 82.7 cm³/mol. The van der Waals surface area contributed by atoms with Crippen LogP contribution in [-0.4, -0.2) is 23.3 Å². The van der Waals surface area contributed by atoms with Crippen molar-refractivity contribution in [3.05, 3.63) is 40.4 Å². The number of halogens is 6. The first-order chi connectivity index (χ1) is 12.4. The van der Waals surface area contributed by atoms with Crippen molar-refractivity contribution in [3.8, 4) is 5.75 Å². The summed E-state index contributed by atoms with van der Waals surface area (Å²) < 4.78 is 81.3. The molecule has 0 spiro atoms. The van der Waals surface area contributed by atoms with Crippen molar-refractivity contribution < 1.29 is 40.7 Å². The van der Waals surface area contributed by atoms with E-state index in [9.17, 15) is 35.9 Å². The van der Waals surface area contributed by atoms with E-state index >= 15 is 0 Å². The van der Waals surface area contributed by atoms with Crippen LogP contribution in [0.25, 0.3) is 0 Å². The van der Waals surface area contributed by atoms with Gasteiger partial charge in [0.05, 0.1) is 11.1 Å². The van der Waals surface area contributed by atoms with Crippen LogP contribution in [0.4, 0.5) is 31.5 Å². The molecule has 0 unspecified atom stereocenters. The molecule has 1 amide bonds. The summed E-state index contributed by atoms with van der Waals surface area (Å²) in [6, 6.07) is 0.672. The van der Waals surface area contributed by atoms with E-state index in [4.69, 9.17) is 4.74 Å². The van der Waals surface area contributed by atoms with Crippen molar-refractivity contribution in [2.75, 3.05) is 11.9 Å². The van der Waals surface area contributed by atoms with Gasteiger partial charge in [-0.1, -0.05) is 0 Å². The zero-order valence-corrected chi connectivity index (χ0v) is 14.2. The van der Waals surface area contributed by atoms with Crippen LogP contribution in [0.15, 0.2) is 23.6 Å². The largest absolute Gasteiger partial charge is 0.484 e. The molecule has 1 aromatic carbocycles. The third-order valence-electron chi connectivity index (χ3n) is 3.04. The number of nitrogens with one attached hydrogen (secondary N) is 1. The lowest BCUT2D eigenvalue weighted by Crippen LogP contribution is -2.20. The highest BCUT2D eigenvalue weighted by Crippen LogP contribution is 2.38. The van der Waals surface area contributed by atoms with Crippen LogP contribution in [0.5, 0.6) is 5.75 Å². The Morgan fingerprint density at radius 2 is 1.63 bits per heavy atom. The van der Waals surface area contributed by atoms with Crippen molar-refractivity contribution in [2.45, 2.75) is 19.3 Å². The van der Waals surface area contributed by atoms with Gasteiger partial charge in [0.1, 0.15) is 11.4 Å². The molecule has 1 N–H and O–H groups in total. The number of carbonyl (C=O) groups is 2. The zero-order valence-electron chi connectivity index (χ0n) is 13.4. The molecule has 0 atom stereocenters. The van der Waals surface area contributed by atoms with Crippen LogP contribution in [0.2, 0.25) is 0 Å². The number of hydrogen-bond donors (Lipinski definition) is 1. The van der Waals surface area contributed by atoms with Crippen LogP contribution >= 0.6 is 11.3 Å². The first kappa shape index (κ1) is 20.7. The normalized spacial score (nSPS) is 12.0. The van der Waals surface area contributed by atoms with Gasteiger partial charge in [-0.15, -0.1) is 11.3 Å². The summed E-state index contributed by atoms with van der Waals surface area (Å²) >= 11 is 0.923. The van der Waals surface area contributed by atoms with E-state index in [0.717, 1.165) is 11.3 Å². The van der Waals surface area contributed by atoms with Gasteiger partial charge in [-0.25, -0.2) is 4.98 Å². The van der Waals surface area contributed by atoms with Crippen LogP contribution in [0.1, 0.15) is 28.5 Å². The molecule has 1 heterocycles. The van der Waals surface area contributed by atoms with Crippen LogP contribution in [0, 0.1) is 0 Å². The van der Waals surface area contributed by atoms with E-state index in [1.54, 1.807) is 0 Å². The molecule has 0 saturated carbocycles. The Morgan fingerprint density at radius 1 is 1.07 bits per heavy atom. The zero-order chi connectivity index (χ0) is 20.4. The molecule has 0 fully saturated rings. The van der Waals surface area contributed by atoms with E-state index in [0.29, 0.717) is 12.1 Å². The molecule has 0 saturated heterocycles. The molecule has 0 radical (unpaired) electrons. The van der Waals surface area contributed by atoms with Gasteiger partial charge in [0.15, 0.2) is 17.5 Å². The van der Waals surface area contributed by atoms with E-state index in [2.05, 4.69) is 10.3 Å². The topological polar surface area (TPSA) is 68.3 Å². The van der Waals surface area contributed by atoms with E-state index in [1.807, 2.05) is 0 Å². The number of alkyl halides is 6. The van der Waals surface area contributed by atoms with Crippen molar-refractivity contribution in [2.24, 2.45) is 0 Å². The van der Waals surface area contributed by atoms with Crippen LogP contribution < -0.4 is 10.1 Å². The lowest BCUT2D eigenvalue weighted by Gasteiger charge is -2.14. The first-order valence-corrected chi connectivity index (χ1v) is 7.93. The second-order valence-corrected chi connectivity index (χ2v) is 6.03. The maximum Gasteiger partial charge on any atom is 0.416 e. The predicted octanol–water partition coefficient (Wildman–Crippen LogP) is 4.40. The highest BCUT2D eigenvalue weighted by Gasteiger charge is 2.37. The minimum Gasteiger partial charge on any atom is -0.484 e. The molecule has 5 nitrogen and oxygen atoms in total. The number of aromatic nitrogens is 1. The smallest absolute Gasteiger partial charge is 0.416 e. The number of ether oxygens (including phenoxy) is 1. The minimum atomic E-state index is -5.02. The molecule has 0 aliphatic carbocycles. The molecule has 146 valence electrons. The summed E-state index contributed by atoms with van der Waals surface area (Å²) in [6.45, 7) is 0.406. The summed E-state index contributed by atoms with van der Waals surface area (Å²) in [4.78, 5) is 26.6. The average molecular weight is 412 g/mol. The fourth-order valence-electron chi connectivity index (χ4n) is 1.81. The van der Waals surface area contributed by atoms with E-state index < -0.39 is 41.7 Å². The maximum atomic E-state index is 12.8. The summed E-state index contributed by atoms with van der Waals surface area (Å²) in [5, 5.41) is 3.64. The molecule has 0 aliphatic heterocycles. The fourth-order valence-corrected chi connectivity index (χ4v) is 2.57. The third kappa shape index (κ3) is 5.67. The Bertz CT molecular complexity index is 828. The Labute approximate surface area is 152 Å². The molecular formula is C15H10F6N2O3S. The van der Waals surface area contributed by atoms with Gasteiger partial charge in [-0.3, -0.25) is 14.9 Å². The van der Waals surface area contributed by atoms with Crippen molar-refractivity contribution in [1.29, 1.82) is 0 Å². The highest BCUT2D eigenvalue weighted by molar-refractivity contribution is 7.14. The summed E-state index contributed by atoms with van der Waals surface area (Å²) in [7, 11) is 0. The number of amides is 1. The summed E-state index contributed by atoms with van der Waals surface area (Å²) in [5.74, 6) is -1.98. The summed E-state index contributed by atoms with van der Waals surface area (Å²) in [6.07, 6.45) is -10.0. The van der Waals surface area contributed by atoms with Gasteiger partial charge in [0.25, 0.3) is 5.91 Å². The van der Waals surface area contributed by atoms with Crippen molar-refractivity contribution >= 4 is 28.2 Å². The quantitative estimate of drug-likeness (QED) is 0.584. The SMILES string of the molecule is CC(=O)c1csc(NC(=O)COc2cc(C(F)(F)F)cc(C(F)(F)F)c2)n1. The number of Topliss-reactive ketones (excluding diaryl/α,β-unsaturated/α-hetero) is 1. The molecule has 0 bridgehead atoms. The molecule has 27 heavy (non-hydrogen) atoms. The fraction of sp³-hybridized carbons (Fsp3) is 0.267. The second kappa shape index (κ2) is 7.55. The minimum absolute atomic E-state index is 0.0359. The number of rotatable bonds is 5. The molecular weight excluding hydrogens is 402 g/mol. The molecule has 2 aromatic rings. The number of ketones is 1.